The molecule has 0 aliphatic heterocycles. The molecule has 0 unspecified atom stereocenters. The van der Waals surface area contributed by atoms with E-state index < -0.39 is 5.97 Å². The third-order valence-corrected chi connectivity index (χ3v) is 4.48. The molecule has 3 heteroatoms. The molecule has 0 aromatic heterocycles. The molecule has 1 N–H and O–H groups in total. The fourth-order valence-corrected chi connectivity index (χ4v) is 2.88. The Morgan fingerprint density at radius 2 is 1.20 bits per heavy atom. The number of aliphatic carboxylic acids is 1. The average Bonchev–Trinajstić information content (AvgIpc) is 2.60. The molecule has 0 aliphatic rings. The minimum absolute atomic E-state index is 0.216. The normalized spacial score (nSPS) is 11.4. The van der Waals surface area contributed by atoms with Gasteiger partial charge >= 0.3 is 5.97 Å². The van der Waals surface area contributed by atoms with Crippen molar-refractivity contribution in [3.05, 3.63) is 12.2 Å². The molecule has 0 atom stereocenters. The van der Waals surface area contributed by atoms with Crippen LogP contribution in [-0.2, 0) is 9.53 Å². The summed E-state index contributed by atoms with van der Waals surface area (Å²) in [6.45, 7) is 3.63. The van der Waals surface area contributed by atoms with Gasteiger partial charge in [0, 0.05) is 19.6 Å². The number of unbranched alkanes of at least 4 members (excludes halogenated alkanes) is 12. The number of carbonyl (C=O) groups is 1. The second-order valence-electron chi connectivity index (χ2n) is 7.05. The monoisotopic (exact) mass is 354 g/mol. The number of hydrogen-bond donors (Lipinski definition) is 1. The molecular weight excluding hydrogens is 312 g/mol. The first-order chi connectivity index (χ1) is 12.3. The van der Waals surface area contributed by atoms with Crippen LogP contribution in [0.15, 0.2) is 12.2 Å². The lowest BCUT2D eigenvalue weighted by molar-refractivity contribution is -0.137. The van der Waals surface area contributed by atoms with E-state index in [4.69, 9.17) is 9.84 Å². The standard InChI is InChI=1S/C22H42O3/c1-2-3-4-5-6-7-8-9-10-11-12-13-14-15-16-17-20-25-21-18-19-22(23)24/h9-10H,2-8,11-21H2,1H3,(H,23,24). The molecule has 0 heterocycles. The Bertz CT molecular complexity index is 300. The molecule has 148 valence electrons. The fourth-order valence-electron chi connectivity index (χ4n) is 2.88. The van der Waals surface area contributed by atoms with Gasteiger partial charge < -0.3 is 9.84 Å². The van der Waals surface area contributed by atoms with Crippen molar-refractivity contribution in [2.45, 2.75) is 110 Å². The highest BCUT2D eigenvalue weighted by Crippen LogP contribution is 2.10. The Hall–Kier alpha value is -0.830. The van der Waals surface area contributed by atoms with Gasteiger partial charge in [-0.15, -0.1) is 0 Å². The van der Waals surface area contributed by atoms with Crippen LogP contribution in [0, 0.1) is 0 Å². The van der Waals surface area contributed by atoms with Crippen LogP contribution in [0.25, 0.3) is 0 Å². The zero-order valence-electron chi connectivity index (χ0n) is 16.6. The first-order valence-electron chi connectivity index (χ1n) is 10.7. The maximum Gasteiger partial charge on any atom is 0.303 e. The Morgan fingerprint density at radius 3 is 1.76 bits per heavy atom. The Balaban J connectivity index is 3.06. The lowest BCUT2D eigenvalue weighted by Crippen LogP contribution is -2.01. The van der Waals surface area contributed by atoms with Gasteiger partial charge in [0.2, 0.25) is 0 Å². The van der Waals surface area contributed by atoms with E-state index in [1.807, 2.05) is 0 Å². The van der Waals surface area contributed by atoms with Gasteiger partial charge in [-0.3, -0.25) is 4.79 Å². The van der Waals surface area contributed by atoms with E-state index in [1.165, 1.54) is 83.5 Å². The number of carboxylic acids is 1. The molecule has 0 saturated carbocycles. The highest BCUT2D eigenvalue weighted by molar-refractivity contribution is 5.66. The maximum atomic E-state index is 10.3. The van der Waals surface area contributed by atoms with Crippen molar-refractivity contribution >= 4 is 5.97 Å². The lowest BCUT2D eigenvalue weighted by Gasteiger charge is -2.03. The summed E-state index contributed by atoms with van der Waals surface area (Å²) in [5, 5.41) is 8.51. The molecule has 0 amide bonds. The van der Waals surface area contributed by atoms with Gasteiger partial charge in [-0.2, -0.15) is 0 Å². The summed E-state index contributed by atoms with van der Waals surface area (Å²) in [5.74, 6) is -0.735. The molecule has 0 aromatic carbocycles. The predicted molar refractivity (Wildman–Crippen MR) is 107 cm³/mol. The van der Waals surface area contributed by atoms with Crippen LogP contribution in [0.3, 0.4) is 0 Å². The summed E-state index contributed by atoms with van der Waals surface area (Å²) in [4.78, 5) is 10.3. The number of ether oxygens (including phenoxy) is 1. The minimum atomic E-state index is -0.735. The molecule has 3 nitrogen and oxygen atoms in total. The molecule has 0 aliphatic carbocycles. The molecule has 25 heavy (non-hydrogen) atoms. The van der Waals surface area contributed by atoms with Crippen molar-refractivity contribution in [2.75, 3.05) is 13.2 Å². The first-order valence-corrected chi connectivity index (χ1v) is 10.7. The highest BCUT2D eigenvalue weighted by atomic mass is 16.5. The summed E-state index contributed by atoms with van der Waals surface area (Å²) >= 11 is 0. The van der Waals surface area contributed by atoms with Gasteiger partial charge in [-0.05, 0) is 38.5 Å². The molecule has 0 radical (unpaired) electrons. The maximum absolute atomic E-state index is 10.3. The van der Waals surface area contributed by atoms with E-state index in [1.54, 1.807) is 0 Å². The van der Waals surface area contributed by atoms with Gasteiger partial charge in [0.25, 0.3) is 0 Å². The first kappa shape index (κ1) is 24.2. The van der Waals surface area contributed by atoms with Gasteiger partial charge in [-0.25, -0.2) is 0 Å². The summed E-state index contributed by atoms with van der Waals surface area (Å²) in [6.07, 6.45) is 24.0. The second-order valence-corrected chi connectivity index (χ2v) is 7.05. The van der Waals surface area contributed by atoms with Crippen molar-refractivity contribution in [2.24, 2.45) is 0 Å². The molecule has 0 saturated heterocycles. The van der Waals surface area contributed by atoms with E-state index in [0.717, 1.165) is 13.0 Å². The van der Waals surface area contributed by atoms with E-state index in [2.05, 4.69) is 19.1 Å². The van der Waals surface area contributed by atoms with Crippen molar-refractivity contribution in [3.8, 4) is 0 Å². The second kappa shape index (κ2) is 21.2. The van der Waals surface area contributed by atoms with E-state index >= 15 is 0 Å². The fraction of sp³-hybridized carbons (Fsp3) is 0.864. The van der Waals surface area contributed by atoms with Gasteiger partial charge in [0.05, 0.1) is 0 Å². The van der Waals surface area contributed by atoms with E-state index in [0.29, 0.717) is 13.0 Å². The smallest absolute Gasteiger partial charge is 0.303 e. The minimum Gasteiger partial charge on any atom is -0.481 e. The molecule has 0 spiro atoms. The molecule has 0 bridgehead atoms. The molecule has 0 fully saturated rings. The number of rotatable bonds is 20. The van der Waals surface area contributed by atoms with E-state index in [9.17, 15) is 4.79 Å². The quantitative estimate of drug-likeness (QED) is 0.191. The Labute approximate surface area is 156 Å². The summed E-state index contributed by atoms with van der Waals surface area (Å²) in [6, 6.07) is 0. The van der Waals surface area contributed by atoms with Gasteiger partial charge in [0.1, 0.15) is 0 Å². The topological polar surface area (TPSA) is 46.5 Å². The molecular formula is C22H42O3. The Morgan fingerprint density at radius 1 is 0.720 bits per heavy atom. The highest BCUT2D eigenvalue weighted by Gasteiger charge is 1.96. The van der Waals surface area contributed by atoms with Gasteiger partial charge in [-0.1, -0.05) is 76.9 Å². The van der Waals surface area contributed by atoms with Crippen LogP contribution in [0.1, 0.15) is 110 Å². The average molecular weight is 355 g/mol. The van der Waals surface area contributed by atoms with Crippen molar-refractivity contribution < 1.29 is 14.6 Å². The van der Waals surface area contributed by atoms with Crippen LogP contribution in [-0.4, -0.2) is 24.3 Å². The van der Waals surface area contributed by atoms with E-state index in [-0.39, 0.29) is 6.42 Å². The molecule has 0 aromatic rings. The largest absolute Gasteiger partial charge is 0.481 e. The van der Waals surface area contributed by atoms with Crippen LogP contribution in [0.4, 0.5) is 0 Å². The van der Waals surface area contributed by atoms with Crippen LogP contribution in [0.5, 0.6) is 0 Å². The lowest BCUT2D eigenvalue weighted by atomic mass is 10.1. The number of allylic oxidation sites excluding steroid dienone is 2. The zero-order valence-corrected chi connectivity index (χ0v) is 16.6. The number of hydrogen-bond acceptors (Lipinski definition) is 2. The predicted octanol–water partition coefficient (Wildman–Crippen LogP) is 6.91. The number of carboxylic acid groups (broad SMARTS) is 1. The summed E-state index contributed by atoms with van der Waals surface area (Å²) in [5.41, 5.74) is 0. The molecule has 0 rings (SSSR count). The SMILES string of the molecule is CCCCCCCCC=CCCCCCCCCOCCCC(=O)O. The van der Waals surface area contributed by atoms with Crippen molar-refractivity contribution in [1.82, 2.24) is 0 Å². The Kier molecular flexibility index (Phi) is 20.5. The van der Waals surface area contributed by atoms with Crippen LogP contribution in [0.2, 0.25) is 0 Å². The third kappa shape index (κ3) is 23.2. The summed E-state index contributed by atoms with van der Waals surface area (Å²) in [7, 11) is 0. The zero-order chi connectivity index (χ0) is 18.4. The van der Waals surface area contributed by atoms with Crippen molar-refractivity contribution in [1.29, 1.82) is 0 Å². The van der Waals surface area contributed by atoms with Crippen LogP contribution >= 0.6 is 0 Å². The summed E-state index contributed by atoms with van der Waals surface area (Å²) < 4.78 is 5.43. The van der Waals surface area contributed by atoms with Gasteiger partial charge in [0.15, 0.2) is 0 Å². The van der Waals surface area contributed by atoms with Crippen molar-refractivity contribution in [3.63, 3.8) is 0 Å². The van der Waals surface area contributed by atoms with Crippen LogP contribution < -0.4 is 0 Å². The third-order valence-electron chi connectivity index (χ3n) is 4.48.